The Morgan fingerprint density at radius 1 is 1.88 bits per heavy atom. The van der Waals surface area contributed by atoms with Gasteiger partial charge in [-0.15, -0.1) is 0 Å². The van der Waals surface area contributed by atoms with Gasteiger partial charge in [0.2, 0.25) is 6.35 Å². The second-order valence-corrected chi connectivity index (χ2v) is 1.58. The Hall–Kier alpha value is -0.410. The molecule has 0 amide bonds. The van der Waals surface area contributed by atoms with Crippen LogP contribution in [-0.2, 0) is 4.74 Å². The summed E-state index contributed by atoms with van der Waals surface area (Å²) in [5.41, 5.74) is 0. The molecule has 1 heterocycles. The number of ether oxygens (including phenoxy) is 1. The lowest BCUT2D eigenvalue weighted by atomic mass is 10.7. The van der Waals surface area contributed by atoms with Gasteiger partial charge in [0.15, 0.2) is 0 Å². The maximum atomic E-state index is 4.89. The minimum Gasteiger partial charge on any atom is -0.347 e. The Bertz CT molecular complexity index is 103. The summed E-state index contributed by atoms with van der Waals surface area (Å²) in [6, 6.07) is 0. The van der Waals surface area contributed by atoms with Gasteiger partial charge in [0, 0.05) is 13.3 Å². The number of hydrogen-bond acceptors (Lipinski definition) is 3. The van der Waals surface area contributed by atoms with Crippen LogP contribution in [0.1, 0.15) is 0 Å². The Morgan fingerprint density at radius 3 is 2.88 bits per heavy atom. The quantitative estimate of drug-likeness (QED) is 0.476. The first-order valence-corrected chi connectivity index (χ1v) is 2.38. The molecule has 0 aromatic carbocycles. The van der Waals surface area contributed by atoms with Crippen molar-refractivity contribution < 1.29 is 4.74 Å². The van der Waals surface area contributed by atoms with E-state index >= 15 is 0 Å². The van der Waals surface area contributed by atoms with Gasteiger partial charge in [0.25, 0.3) is 0 Å². The molecule has 1 aliphatic heterocycles. The lowest BCUT2D eigenvalue weighted by molar-refractivity contribution is 0.0187. The van der Waals surface area contributed by atoms with Gasteiger partial charge in [-0.1, -0.05) is 0 Å². The van der Waals surface area contributed by atoms with Crippen molar-refractivity contribution in [3.63, 3.8) is 0 Å². The summed E-state index contributed by atoms with van der Waals surface area (Å²) >= 11 is 0. The fourth-order valence-electron chi connectivity index (χ4n) is 0.571. The van der Waals surface area contributed by atoms with Crippen LogP contribution < -0.4 is 0 Å². The van der Waals surface area contributed by atoms with Gasteiger partial charge in [-0.05, 0) is 7.05 Å². The third kappa shape index (κ3) is 0.877. The van der Waals surface area contributed by atoms with E-state index in [1.54, 1.807) is 18.2 Å². The average Bonchev–Trinajstić information content (AvgIpc) is 2.14. The van der Waals surface area contributed by atoms with E-state index in [2.05, 4.69) is 11.5 Å². The normalized spacial score (nSPS) is 29.5. The van der Waals surface area contributed by atoms with Crippen LogP contribution in [0.2, 0.25) is 0 Å². The first kappa shape index (κ1) is 5.72. The van der Waals surface area contributed by atoms with E-state index in [9.17, 15) is 0 Å². The van der Waals surface area contributed by atoms with Crippen molar-refractivity contribution in [2.24, 2.45) is 4.99 Å². The summed E-state index contributed by atoms with van der Waals surface area (Å²) in [5, 5.41) is 0. The summed E-state index contributed by atoms with van der Waals surface area (Å²) in [6.45, 7) is 2.84. The van der Waals surface area contributed by atoms with Gasteiger partial charge >= 0.3 is 0 Å². The molecule has 0 N–H and O–H groups in total. The highest BCUT2D eigenvalue weighted by Gasteiger charge is 2.15. The molecule has 3 nitrogen and oxygen atoms in total. The van der Waals surface area contributed by atoms with Gasteiger partial charge < -0.3 is 4.74 Å². The maximum absolute atomic E-state index is 4.89. The van der Waals surface area contributed by atoms with Crippen LogP contribution in [0.4, 0.5) is 0 Å². The minimum absolute atomic E-state index is 0.144. The standard InChI is InChI=1S/C5H8N2O/c1-7-4-3-6-5(7)8-2/h3,5H,1-2H3. The van der Waals surface area contributed by atoms with E-state index in [1.807, 2.05) is 7.05 Å². The van der Waals surface area contributed by atoms with Crippen molar-refractivity contribution in [2.45, 2.75) is 6.35 Å². The first-order chi connectivity index (χ1) is 3.84. The van der Waals surface area contributed by atoms with Crippen LogP contribution in [0.3, 0.4) is 0 Å². The van der Waals surface area contributed by atoms with Crippen molar-refractivity contribution in [3.8, 4) is 0 Å². The van der Waals surface area contributed by atoms with Crippen molar-refractivity contribution in [1.29, 1.82) is 0 Å². The molecule has 1 aliphatic rings. The fourth-order valence-corrected chi connectivity index (χ4v) is 0.571. The molecule has 0 aromatic heterocycles. The summed E-state index contributed by atoms with van der Waals surface area (Å²) in [5.74, 6) is 0. The monoisotopic (exact) mass is 112 g/mol. The highest BCUT2D eigenvalue weighted by Crippen LogP contribution is 2.05. The Morgan fingerprint density at radius 2 is 2.62 bits per heavy atom. The zero-order valence-electron chi connectivity index (χ0n) is 4.96. The molecule has 1 unspecified atom stereocenters. The molecule has 0 fully saturated rings. The lowest BCUT2D eigenvalue weighted by Gasteiger charge is -2.13. The summed E-state index contributed by atoms with van der Waals surface area (Å²) in [6.07, 6.45) is 1.46. The largest absolute Gasteiger partial charge is 0.347 e. The zero-order valence-corrected chi connectivity index (χ0v) is 4.96. The first-order valence-electron chi connectivity index (χ1n) is 2.38. The van der Waals surface area contributed by atoms with Gasteiger partial charge in [0.1, 0.15) is 6.54 Å². The number of methoxy groups -OCH3 is 1. The smallest absolute Gasteiger partial charge is 0.206 e. The second kappa shape index (κ2) is 2.24. The summed E-state index contributed by atoms with van der Waals surface area (Å²) in [4.78, 5) is 5.67. The molecule has 1 atom stereocenters. The van der Waals surface area contributed by atoms with Crippen LogP contribution >= 0.6 is 0 Å². The van der Waals surface area contributed by atoms with Gasteiger partial charge in [-0.3, -0.25) is 0 Å². The molecule has 8 heavy (non-hydrogen) atoms. The van der Waals surface area contributed by atoms with Gasteiger partial charge in [-0.25, -0.2) is 9.89 Å². The third-order valence-electron chi connectivity index (χ3n) is 1.01. The Kier molecular flexibility index (Phi) is 1.60. The minimum atomic E-state index is -0.144. The van der Waals surface area contributed by atoms with Crippen molar-refractivity contribution >= 4 is 6.21 Å². The van der Waals surface area contributed by atoms with Crippen LogP contribution in [-0.4, -0.2) is 31.6 Å². The van der Waals surface area contributed by atoms with Crippen LogP contribution in [0, 0.1) is 6.54 Å². The molecule has 2 radical (unpaired) electrons. The molecule has 44 valence electrons. The van der Waals surface area contributed by atoms with Gasteiger partial charge in [-0.2, -0.15) is 0 Å². The SMILES string of the molecule is COC1N=C[C]N1C. The molecule has 0 spiro atoms. The van der Waals surface area contributed by atoms with E-state index in [0.29, 0.717) is 0 Å². The van der Waals surface area contributed by atoms with E-state index in [0.717, 1.165) is 0 Å². The second-order valence-electron chi connectivity index (χ2n) is 1.58. The third-order valence-corrected chi connectivity index (χ3v) is 1.01. The Balaban J connectivity index is 2.41. The molecular formula is C5H8N2O. The lowest BCUT2D eigenvalue weighted by Crippen LogP contribution is -2.24. The molecule has 0 bridgehead atoms. The predicted octanol–water partition coefficient (Wildman–Crippen LogP) is -0.0286. The highest BCUT2D eigenvalue weighted by molar-refractivity contribution is 5.68. The van der Waals surface area contributed by atoms with E-state index in [-0.39, 0.29) is 6.35 Å². The van der Waals surface area contributed by atoms with Crippen LogP contribution in [0.25, 0.3) is 0 Å². The van der Waals surface area contributed by atoms with E-state index in [1.165, 1.54) is 0 Å². The fraction of sp³-hybridized carbons (Fsp3) is 0.600. The van der Waals surface area contributed by atoms with Crippen molar-refractivity contribution in [1.82, 2.24) is 4.90 Å². The predicted molar refractivity (Wildman–Crippen MR) is 30.3 cm³/mol. The molecular weight excluding hydrogens is 104 g/mol. The Labute approximate surface area is 49.0 Å². The molecule has 0 saturated heterocycles. The topological polar surface area (TPSA) is 24.8 Å². The number of rotatable bonds is 1. The van der Waals surface area contributed by atoms with Gasteiger partial charge in [0.05, 0.1) is 0 Å². The van der Waals surface area contributed by atoms with Crippen LogP contribution in [0.15, 0.2) is 4.99 Å². The number of nitrogens with zero attached hydrogens (tertiary/aromatic N) is 2. The number of hydrogen-bond donors (Lipinski definition) is 0. The average molecular weight is 112 g/mol. The summed E-state index contributed by atoms with van der Waals surface area (Å²) in [7, 11) is 3.48. The van der Waals surface area contributed by atoms with Crippen molar-refractivity contribution in [3.05, 3.63) is 6.54 Å². The molecule has 0 saturated carbocycles. The highest BCUT2D eigenvalue weighted by atomic mass is 16.5. The van der Waals surface area contributed by atoms with E-state index < -0.39 is 0 Å². The molecule has 0 aromatic rings. The number of aliphatic imine (C=N–C) groups is 1. The molecule has 3 heteroatoms. The maximum Gasteiger partial charge on any atom is 0.206 e. The molecule has 0 aliphatic carbocycles. The van der Waals surface area contributed by atoms with Crippen LogP contribution in [0.5, 0.6) is 0 Å². The molecule has 1 rings (SSSR count). The van der Waals surface area contributed by atoms with Crippen molar-refractivity contribution in [2.75, 3.05) is 14.2 Å². The summed E-state index contributed by atoms with van der Waals surface area (Å²) < 4.78 is 4.89. The zero-order chi connectivity index (χ0) is 5.98. The van der Waals surface area contributed by atoms with E-state index in [4.69, 9.17) is 4.74 Å².